The summed E-state index contributed by atoms with van der Waals surface area (Å²) in [7, 11) is 1.20. The van der Waals surface area contributed by atoms with E-state index in [0.29, 0.717) is 0 Å². The minimum atomic E-state index is -0.967. The lowest BCUT2D eigenvalue weighted by Crippen LogP contribution is -2.25. The Bertz CT molecular complexity index is 493. The van der Waals surface area contributed by atoms with Gasteiger partial charge in [0.05, 0.1) is 16.5 Å². The Morgan fingerprint density at radius 3 is 2.67 bits per heavy atom. The van der Waals surface area contributed by atoms with Crippen LogP contribution in [-0.4, -0.2) is 24.1 Å². The van der Waals surface area contributed by atoms with E-state index in [2.05, 4.69) is 20.7 Å². The number of ether oxygens (including phenoxy) is 2. The first-order valence-corrected chi connectivity index (χ1v) is 5.91. The summed E-state index contributed by atoms with van der Waals surface area (Å²) in [6.45, 7) is 1.43. The number of methoxy groups -OCH3 is 1. The van der Waals surface area contributed by atoms with Crippen LogP contribution in [0.1, 0.15) is 6.92 Å². The Morgan fingerprint density at radius 2 is 2.17 bits per heavy atom. The van der Waals surface area contributed by atoms with Crippen LogP contribution in [0.5, 0.6) is 5.75 Å². The van der Waals surface area contributed by atoms with Gasteiger partial charge in [0, 0.05) is 11.1 Å². The summed E-state index contributed by atoms with van der Waals surface area (Å²) in [6.07, 6.45) is -0.967. The van der Waals surface area contributed by atoms with Crippen LogP contribution in [0, 0.1) is 10.1 Å². The molecule has 1 unspecified atom stereocenters. The Balaban J connectivity index is 3.15. The highest BCUT2D eigenvalue weighted by atomic mass is 79.9. The number of carbonyl (C=O) groups excluding carboxylic acids is 1. The normalized spacial score (nSPS) is 11.8. The maximum absolute atomic E-state index is 11.2. The molecule has 6 nitrogen and oxygen atoms in total. The van der Waals surface area contributed by atoms with Gasteiger partial charge < -0.3 is 9.47 Å². The Morgan fingerprint density at radius 1 is 1.56 bits per heavy atom. The fourth-order valence-electron chi connectivity index (χ4n) is 1.19. The van der Waals surface area contributed by atoms with Crippen molar-refractivity contribution < 1.29 is 19.2 Å². The summed E-state index contributed by atoms with van der Waals surface area (Å²) >= 11 is 8.81. The summed E-state index contributed by atoms with van der Waals surface area (Å²) in [6, 6.07) is 2.58. The van der Waals surface area contributed by atoms with E-state index in [1.807, 2.05) is 0 Å². The Labute approximate surface area is 116 Å². The highest BCUT2D eigenvalue weighted by Crippen LogP contribution is 2.38. The van der Waals surface area contributed by atoms with Crippen molar-refractivity contribution in [2.75, 3.05) is 7.11 Å². The van der Waals surface area contributed by atoms with Crippen LogP contribution in [-0.2, 0) is 9.53 Å². The third kappa shape index (κ3) is 3.33. The monoisotopic (exact) mass is 337 g/mol. The minimum absolute atomic E-state index is 0.0673. The predicted molar refractivity (Wildman–Crippen MR) is 67.9 cm³/mol. The van der Waals surface area contributed by atoms with Gasteiger partial charge in [-0.25, -0.2) is 4.79 Å². The quantitative estimate of drug-likeness (QED) is 0.479. The number of hydrogen-bond donors (Lipinski definition) is 0. The number of nitro groups is 1. The number of nitrogens with zero attached hydrogens (tertiary/aromatic N) is 1. The van der Waals surface area contributed by atoms with Crippen molar-refractivity contribution in [1.29, 1.82) is 0 Å². The van der Waals surface area contributed by atoms with Crippen molar-refractivity contribution in [3.63, 3.8) is 0 Å². The molecule has 0 bridgehead atoms. The van der Waals surface area contributed by atoms with Crippen LogP contribution < -0.4 is 4.74 Å². The van der Waals surface area contributed by atoms with E-state index >= 15 is 0 Å². The number of hydrogen-bond acceptors (Lipinski definition) is 5. The number of halogens is 2. The third-order valence-corrected chi connectivity index (χ3v) is 2.82. The van der Waals surface area contributed by atoms with Crippen molar-refractivity contribution in [2.24, 2.45) is 0 Å². The zero-order valence-corrected chi connectivity index (χ0v) is 11.8. The average molecular weight is 339 g/mol. The van der Waals surface area contributed by atoms with E-state index < -0.39 is 17.0 Å². The highest BCUT2D eigenvalue weighted by molar-refractivity contribution is 9.10. The zero-order valence-electron chi connectivity index (χ0n) is 9.48. The van der Waals surface area contributed by atoms with Crippen LogP contribution in [0.4, 0.5) is 5.69 Å². The topological polar surface area (TPSA) is 78.7 Å². The van der Waals surface area contributed by atoms with Gasteiger partial charge in [0.2, 0.25) is 5.75 Å². The van der Waals surface area contributed by atoms with Gasteiger partial charge in [-0.2, -0.15) is 0 Å². The van der Waals surface area contributed by atoms with Crippen molar-refractivity contribution in [2.45, 2.75) is 13.0 Å². The van der Waals surface area contributed by atoms with Crippen molar-refractivity contribution in [1.82, 2.24) is 0 Å². The van der Waals surface area contributed by atoms with Crippen molar-refractivity contribution >= 4 is 39.2 Å². The molecule has 0 aliphatic rings. The van der Waals surface area contributed by atoms with Crippen molar-refractivity contribution in [3.8, 4) is 5.75 Å². The van der Waals surface area contributed by atoms with Gasteiger partial charge in [0.15, 0.2) is 6.10 Å². The summed E-state index contributed by atoms with van der Waals surface area (Å²) < 4.78 is 9.99. The van der Waals surface area contributed by atoms with Gasteiger partial charge in [-0.3, -0.25) is 10.1 Å². The summed E-state index contributed by atoms with van der Waals surface area (Å²) in [5, 5.41) is 11.1. The van der Waals surface area contributed by atoms with Crippen LogP contribution in [0.15, 0.2) is 16.6 Å². The van der Waals surface area contributed by atoms with Crippen molar-refractivity contribution in [3.05, 3.63) is 31.7 Å². The highest BCUT2D eigenvalue weighted by Gasteiger charge is 2.24. The summed E-state index contributed by atoms with van der Waals surface area (Å²) in [5.41, 5.74) is -0.329. The van der Waals surface area contributed by atoms with Crippen LogP contribution in [0.3, 0.4) is 0 Å². The number of nitro benzene ring substituents is 1. The Hall–Kier alpha value is -1.34. The SMILES string of the molecule is COC(=O)C(C)Oc1c(Br)cc(Cl)cc1[N+](=O)[O-]. The lowest BCUT2D eigenvalue weighted by molar-refractivity contribution is -0.386. The minimum Gasteiger partial charge on any atom is -0.471 e. The van der Waals surface area contributed by atoms with E-state index in [0.717, 1.165) is 6.07 Å². The smallest absolute Gasteiger partial charge is 0.346 e. The largest absolute Gasteiger partial charge is 0.471 e. The second-order valence-electron chi connectivity index (χ2n) is 3.28. The predicted octanol–water partition coefficient (Wildman–Crippen LogP) is 2.95. The lowest BCUT2D eigenvalue weighted by Gasteiger charge is -2.13. The molecule has 0 radical (unpaired) electrons. The molecule has 98 valence electrons. The molecule has 0 spiro atoms. The standard InChI is InChI=1S/C10H9BrClNO5/c1-5(10(14)17-2)18-9-7(11)3-6(12)4-8(9)13(15)16/h3-5H,1-2H3. The number of benzene rings is 1. The lowest BCUT2D eigenvalue weighted by atomic mass is 10.3. The van der Waals surface area contributed by atoms with Gasteiger partial charge >= 0.3 is 11.7 Å². The van der Waals surface area contributed by atoms with Crippen LogP contribution >= 0.6 is 27.5 Å². The third-order valence-electron chi connectivity index (χ3n) is 2.01. The van der Waals surface area contributed by atoms with Crippen LogP contribution in [0.25, 0.3) is 0 Å². The molecule has 1 rings (SSSR count). The molecule has 0 amide bonds. The maximum atomic E-state index is 11.2. The fourth-order valence-corrected chi connectivity index (χ4v) is 2.08. The van der Waals surface area contributed by atoms with Gasteiger partial charge in [0.1, 0.15) is 0 Å². The molecule has 1 atom stereocenters. The second-order valence-corrected chi connectivity index (χ2v) is 4.57. The first-order chi connectivity index (χ1) is 8.36. The van der Waals surface area contributed by atoms with E-state index in [9.17, 15) is 14.9 Å². The molecule has 0 saturated carbocycles. The second kappa shape index (κ2) is 6.01. The molecule has 8 heteroatoms. The first-order valence-electron chi connectivity index (χ1n) is 4.74. The number of carbonyl (C=O) groups is 1. The van der Waals surface area contributed by atoms with Gasteiger partial charge in [-0.05, 0) is 28.9 Å². The molecule has 1 aromatic rings. The summed E-state index contributed by atoms with van der Waals surface area (Å²) in [5.74, 6) is -0.701. The molecule has 0 aliphatic heterocycles. The van der Waals surface area contributed by atoms with E-state index in [1.165, 1.54) is 20.1 Å². The first kappa shape index (κ1) is 14.7. The summed E-state index contributed by atoms with van der Waals surface area (Å²) in [4.78, 5) is 21.5. The molecule has 0 heterocycles. The zero-order chi connectivity index (χ0) is 13.9. The molecule has 0 aromatic heterocycles. The van der Waals surface area contributed by atoms with Gasteiger partial charge in [-0.15, -0.1) is 0 Å². The van der Waals surface area contributed by atoms with E-state index in [4.69, 9.17) is 16.3 Å². The molecule has 0 saturated heterocycles. The Kier molecular flexibility index (Phi) is 4.92. The molecule has 0 fully saturated rings. The molecular weight excluding hydrogens is 329 g/mol. The molecule has 1 aromatic carbocycles. The molecule has 0 aliphatic carbocycles. The van der Waals surface area contributed by atoms with E-state index in [-0.39, 0.29) is 20.9 Å². The molecule has 0 N–H and O–H groups in total. The number of esters is 1. The molecular formula is C10H9BrClNO5. The van der Waals surface area contributed by atoms with E-state index in [1.54, 1.807) is 0 Å². The average Bonchev–Trinajstić information content (AvgIpc) is 2.30. The van der Waals surface area contributed by atoms with Crippen LogP contribution in [0.2, 0.25) is 5.02 Å². The van der Waals surface area contributed by atoms with Gasteiger partial charge in [0.25, 0.3) is 0 Å². The maximum Gasteiger partial charge on any atom is 0.346 e. The number of rotatable bonds is 4. The molecule has 18 heavy (non-hydrogen) atoms. The van der Waals surface area contributed by atoms with Gasteiger partial charge in [-0.1, -0.05) is 11.6 Å². The fraction of sp³-hybridized carbons (Fsp3) is 0.300.